The van der Waals surface area contributed by atoms with Crippen LogP contribution in [0, 0.1) is 0 Å². The Bertz CT molecular complexity index is 797. The summed E-state index contributed by atoms with van der Waals surface area (Å²) < 4.78 is 1.82. The van der Waals surface area contributed by atoms with Gasteiger partial charge in [0.25, 0.3) is 0 Å². The first-order chi connectivity index (χ1) is 11.7. The summed E-state index contributed by atoms with van der Waals surface area (Å²) >= 11 is 0. The molecular formula is C20H21N3O. The van der Waals surface area contributed by atoms with Crippen molar-refractivity contribution in [3.8, 4) is 11.1 Å². The first kappa shape index (κ1) is 16.0. The molecular weight excluding hydrogens is 298 g/mol. The predicted molar refractivity (Wildman–Crippen MR) is 95.3 cm³/mol. The van der Waals surface area contributed by atoms with Gasteiger partial charge in [-0.2, -0.15) is 0 Å². The zero-order valence-electron chi connectivity index (χ0n) is 14.0. The van der Waals surface area contributed by atoms with Crippen LogP contribution in [0.5, 0.6) is 0 Å². The number of carbonyl (C=O) groups excluding carboxylic acids is 1. The number of nitrogens with zero attached hydrogens (tertiary/aromatic N) is 3. The molecule has 1 aromatic heterocycles. The summed E-state index contributed by atoms with van der Waals surface area (Å²) in [5.74, 6) is 0.0656. The molecule has 0 unspecified atom stereocenters. The fraction of sp³-hybridized carbons (Fsp3) is 0.200. The van der Waals surface area contributed by atoms with Gasteiger partial charge in [-0.1, -0.05) is 54.6 Å². The first-order valence-electron chi connectivity index (χ1n) is 8.02. The molecule has 1 amide bonds. The molecule has 3 rings (SSSR count). The lowest BCUT2D eigenvalue weighted by molar-refractivity contribution is -0.133. The van der Waals surface area contributed by atoms with Crippen molar-refractivity contribution in [3.63, 3.8) is 0 Å². The van der Waals surface area contributed by atoms with E-state index in [0.717, 1.165) is 16.7 Å². The fourth-order valence-electron chi connectivity index (χ4n) is 2.84. The monoisotopic (exact) mass is 319 g/mol. The average Bonchev–Trinajstić information content (AvgIpc) is 3.16. The van der Waals surface area contributed by atoms with E-state index in [1.54, 1.807) is 17.4 Å². The molecule has 0 aliphatic carbocycles. The van der Waals surface area contributed by atoms with Crippen molar-refractivity contribution in [1.29, 1.82) is 0 Å². The number of hydrogen-bond donors (Lipinski definition) is 0. The summed E-state index contributed by atoms with van der Waals surface area (Å²) in [5.41, 5.74) is 3.46. The third-order valence-corrected chi connectivity index (χ3v) is 4.22. The molecule has 1 atom stereocenters. The van der Waals surface area contributed by atoms with Crippen molar-refractivity contribution in [2.45, 2.75) is 19.5 Å². The number of amides is 1. The highest BCUT2D eigenvalue weighted by molar-refractivity contribution is 5.80. The number of carbonyl (C=O) groups is 1. The van der Waals surface area contributed by atoms with Crippen LogP contribution in [-0.4, -0.2) is 27.4 Å². The molecule has 0 radical (unpaired) electrons. The Balaban J connectivity index is 1.80. The normalized spacial score (nSPS) is 11.9. The van der Waals surface area contributed by atoms with E-state index in [2.05, 4.69) is 29.2 Å². The predicted octanol–water partition coefficient (Wildman–Crippen LogP) is 3.77. The lowest BCUT2D eigenvalue weighted by Gasteiger charge is -2.23. The van der Waals surface area contributed by atoms with E-state index in [1.165, 1.54) is 0 Å². The molecule has 4 heteroatoms. The van der Waals surface area contributed by atoms with E-state index in [-0.39, 0.29) is 11.9 Å². The van der Waals surface area contributed by atoms with E-state index in [0.29, 0.717) is 6.54 Å². The van der Waals surface area contributed by atoms with Crippen molar-refractivity contribution in [2.24, 2.45) is 0 Å². The molecule has 0 spiro atoms. The van der Waals surface area contributed by atoms with Crippen LogP contribution in [0.25, 0.3) is 11.1 Å². The van der Waals surface area contributed by atoms with Crippen molar-refractivity contribution in [1.82, 2.24) is 14.5 Å². The van der Waals surface area contributed by atoms with Gasteiger partial charge in [-0.05, 0) is 23.6 Å². The lowest BCUT2D eigenvalue weighted by Crippen LogP contribution is -2.32. The van der Waals surface area contributed by atoms with Gasteiger partial charge in [-0.15, -0.1) is 0 Å². The number of benzene rings is 2. The maximum Gasteiger partial charge on any atom is 0.245 e. The van der Waals surface area contributed by atoms with Gasteiger partial charge in [0.2, 0.25) is 5.91 Å². The summed E-state index contributed by atoms with van der Waals surface area (Å²) in [4.78, 5) is 18.5. The molecule has 122 valence electrons. The van der Waals surface area contributed by atoms with E-state index in [9.17, 15) is 4.79 Å². The second-order valence-corrected chi connectivity index (χ2v) is 5.90. The van der Waals surface area contributed by atoms with Gasteiger partial charge in [0.05, 0.1) is 6.33 Å². The van der Waals surface area contributed by atoms with Gasteiger partial charge < -0.3 is 9.47 Å². The molecule has 0 aliphatic heterocycles. The minimum Gasteiger partial charge on any atom is -0.340 e. The third kappa shape index (κ3) is 3.38. The van der Waals surface area contributed by atoms with Gasteiger partial charge in [0.15, 0.2) is 0 Å². The quantitative estimate of drug-likeness (QED) is 0.718. The second-order valence-electron chi connectivity index (χ2n) is 5.90. The summed E-state index contributed by atoms with van der Waals surface area (Å²) in [6, 6.07) is 18.2. The van der Waals surface area contributed by atoms with Gasteiger partial charge in [0.1, 0.15) is 6.04 Å². The zero-order valence-corrected chi connectivity index (χ0v) is 14.0. The first-order valence-corrected chi connectivity index (χ1v) is 8.02. The smallest absolute Gasteiger partial charge is 0.245 e. The maximum absolute atomic E-state index is 12.7. The van der Waals surface area contributed by atoms with E-state index in [1.807, 2.05) is 55.1 Å². The standard InChI is InChI=1S/C20H21N3O/c1-16(23-13-12-21-15-23)20(24)22(2)14-18-10-6-7-11-19(18)17-8-4-3-5-9-17/h3-13,15-16H,14H2,1-2H3/t16-/m0/s1. The SMILES string of the molecule is C[C@@H](C(=O)N(C)Cc1ccccc1-c1ccccc1)n1ccnc1. The molecule has 1 heterocycles. The number of rotatable bonds is 5. The molecule has 4 nitrogen and oxygen atoms in total. The Kier molecular flexibility index (Phi) is 4.75. The van der Waals surface area contributed by atoms with Crippen LogP contribution in [-0.2, 0) is 11.3 Å². The number of hydrogen-bond acceptors (Lipinski definition) is 2. The largest absolute Gasteiger partial charge is 0.340 e. The Hall–Kier alpha value is -2.88. The number of aromatic nitrogens is 2. The Morgan fingerprint density at radius 2 is 1.83 bits per heavy atom. The van der Waals surface area contributed by atoms with E-state index in [4.69, 9.17) is 0 Å². The molecule has 0 saturated carbocycles. The van der Waals surface area contributed by atoms with Crippen molar-refractivity contribution in [2.75, 3.05) is 7.05 Å². The summed E-state index contributed by atoms with van der Waals surface area (Å²) in [6.45, 7) is 2.46. The van der Waals surface area contributed by atoms with Crippen LogP contribution in [0.4, 0.5) is 0 Å². The van der Waals surface area contributed by atoms with Crippen LogP contribution < -0.4 is 0 Å². The van der Waals surface area contributed by atoms with Gasteiger partial charge in [-0.3, -0.25) is 4.79 Å². The fourth-order valence-corrected chi connectivity index (χ4v) is 2.84. The zero-order chi connectivity index (χ0) is 16.9. The third-order valence-electron chi connectivity index (χ3n) is 4.22. The summed E-state index contributed by atoms with van der Waals surface area (Å²) in [6.07, 6.45) is 5.18. The van der Waals surface area contributed by atoms with E-state index < -0.39 is 0 Å². The van der Waals surface area contributed by atoms with Gasteiger partial charge >= 0.3 is 0 Å². The molecule has 2 aromatic carbocycles. The molecule has 0 aliphatic rings. The summed E-state index contributed by atoms with van der Waals surface area (Å²) in [7, 11) is 1.84. The van der Waals surface area contributed by atoms with Gasteiger partial charge in [0, 0.05) is 26.0 Å². The minimum absolute atomic E-state index is 0.0656. The van der Waals surface area contributed by atoms with Crippen molar-refractivity contribution >= 4 is 5.91 Å². The van der Waals surface area contributed by atoms with Crippen LogP contribution in [0.3, 0.4) is 0 Å². The topological polar surface area (TPSA) is 38.1 Å². The van der Waals surface area contributed by atoms with Crippen LogP contribution in [0.2, 0.25) is 0 Å². The molecule has 3 aromatic rings. The number of imidazole rings is 1. The molecule has 0 N–H and O–H groups in total. The van der Waals surface area contributed by atoms with Crippen LogP contribution >= 0.6 is 0 Å². The Labute approximate surface area is 142 Å². The summed E-state index contributed by atoms with van der Waals surface area (Å²) in [5, 5.41) is 0. The van der Waals surface area contributed by atoms with Crippen molar-refractivity contribution in [3.05, 3.63) is 78.9 Å². The molecule has 24 heavy (non-hydrogen) atoms. The van der Waals surface area contributed by atoms with Crippen LogP contribution in [0.15, 0.2) is 73.3 Å². The highest BCUT2D eigenvalue weighted by Gasteiger charge is 2.19. The Morgan fingerprint density at radius 1 is 1.12 bits per heavy atom. The molecule has 0 bridgehead atoms. The second kappa shape index (κ2) is 7.13. The number of likely N-dealkylation sites (N-methyl/N-ethyl adjacent to an activating group) is 1. The van der Waals surface area contributed by atoms with Crippen LogP contribution in [0.1, 0.15) is 18.5 Å². The molecule has 0 saturated heterocycles. The Morgan fingerprint density at radius 3 is 2.54 bits per heavy atom. The minimum atomic E-state index is -0.263. The molecule has 0 fully saturated rings. The van der Waals surface area contributed by atoms with E-state index >= 15 is 0 Å². The highest BCUT2D eigenvalue weighted by Crippen LogP contribution is 2.24. The van der Waals surface area contributed by atoms with Gasteiger partial charge in [-0.25, -0.2) is 4.98 Å². The highest BCUT2D eigenvalue weighted by atomic mass is 16.2. The lowest BCUT2D eigenvalue weighted by atomic mass is 9.99. The average molecular weight is 319 g/mol. The maximum atomic E-state index is 12.7. The van der Waals surface area contributed by atoms with Crippen molar-refractivity contribution < 1.29 is 4.79 Å².